The lowest BCUT2D eigenvalue weighted by atomic mass is 9.87. The van der Waals surface area contributed by atoms with E-state index in [9.17, 15) is 4.79 Å². The van der Waals surface area contributed by atoms with E-state index in [1.54, 1.807) is 10.9 Å². The normalized spacial score (nSPS) is 11.8. The highest BCUT2D eigenvalue weighted by molar-refractivity contribution is 9.10. The maximum Gasteiger partial charge on any atom is 0.201 e. The first-order valence-electron chi connectivity index (χ1n) is 6.05. The van der Waals surface area contributed by atoms with Gasteiger partial charge in [-0.2, -0.15) is 5.10 Å². The number of Topliss-reactive ketones (excluding diaryl/α,β-unsaturated/α-hetero) is 1. The smallest absolute Gasteiger partial charge is 0.201 e. The summed E-state index contributed by atoms with van der Waals surface area (Å²) in [5.74, 6) is -0.0275. The molecule has 0 aliphatic heterocycles. The molecule has 1 aromatic rings. The summed E-state index contributed by atoms with van der Waals surface area (Å²) < 4.78 is 2.46. The molecule has 4 nitrogen and oxygen atoms in total. The van der Waals surface area contributed by atoms with Crippen LogP contribution in [-0.2, 0) is 6.54 Å². The lowest BCUT2D eigenvalue weighted by molar-refractivity contribution is 0.0867. The van der Waals surface area contributed by atoms with Gasteiger partial charge in [-0.05, 0) is 35.2 Å². The van der Waals surface area contributed by atoms with Crippen molar-refractivity contribution in [3.05, 3.63) is 16.4 Å². The zero-order chi connectivity index (χ0) is 13.1. The molecule has 1 aromatic heterocycles. The summed E-state index contributed by atoms with van der Waals surface area (Å²) in [5, 5.41) is 4.20. The molecule has 1 heterocycles. The Hall–Kier alpha value is -0.680. The summed E-state index contributed by atoms with van der Waals surface area (Å²) in [6, 6.07) is 0. The van der Waals surface area contributed by atoms with Gasteiger partial charge in [-0.3, -0.25) is 9.48 Å². The molecule has 0 atom stereocenters. The largest absolute Gasteiger partial charge is 0.319 e. The summed E-state index contributed by atoms with van der Waals surface area (Å²) in [6.45, 7) is 6.67. The van der Waals surface area contributed by atoms with Crippen molar-refractivity contribution in [1.82, 2.24) is 9.78 Å². The first kappa shape index (κ1) is 14.4. The van der Waals surface area contributed by atoms with E-state index in [0.717, 1.165) is 17.4 Å². The second-order valence-electron chi connectivity index (χ2n) is 4.26. The molecule has 0 aliphatic rings. The average Bonchev–Trinajstić information content (AvgIpc) is 2.69. The number of ketones is 1. The van der Waals surface area contributed by atoms with Crippen LogP contribution >= 0.6 is 15.9 Å². The summed E-state index contributed by atoms with van der Waals surface area (Å²) >= 11 is 3.38. The molecule has 0 aromatic carbocycles. The first-order chi connectivity index (χ1) is 8.00. The minimum absolute atomic E-state index is 0.0275. The zero-order valence-electron chi connectivity index (χ0n) is 10.7. The van der Waals surface area contributed by atoms with Gasteiger partial charge in [0.15, 0.2) is 0 Å². The quantitative estimate of drug-likeness (QED) is 0.822. The summed E-state index contributed by atoms with van der Waals surface area (Å²) in [5.41, 5.74) is 5.97. The zero-order valence-corrected chi connectivity index (χ0v) is 12.2. The number of nitrogens with two attached hydrogens (primary N) is 1. The number of nitrogens with zero attached hydrogens (tertiary/aromatic N) is 2. The van der Waals surface area contributed by atoms with Gasteiger partial charge >= 0.3 is 0 Å². The molecule has 0 unspecified atom stereocenters. The van der Waals surface area contributed by atoms with Gasteiger partial charge in [-0.1, -0.05) is 20.8 Å². The molecule has 2 N–H and O–H groups in total. The van der Waals surface area contributed by atoms with Gasteiger partial charge in [0.2, 0.25) is 5.78 Å². The van der Waals surface area contributed by atoms with Crippen molar-refractivity contribution < 1.29 is 4.79 Å². The van der Waals surface area contributed by atoms with Crippen molar-refractivity contribution in [2.45, 2.75) is 52.1 Å². The van der Waals surface area contributed by atoms with Crippen LogP contribution in [0.4, 0.5) is 0 Å². The van der Waals surface area contributed by atoms with Gasteiger partial charge in [0.05, 0.1) is 16.2 Å². The number of aromatic nitrogens is 2. The number of hydrogen-bond acceptors (Lipinski definition) is 3. The molecule has 0 aliphatic carbocycles. The number of carbonyl (C=O) groups is 1. The van der Waals surface area contributed by atoms with E-state index in [4.69, 9.17) is 5.73 Å². The van der Waals surface area contributed by atoms with E-state index >= 15 is 0 Å². The molecule has 0 spiro atoms. The molecule has 1 rings (SSSR count). The second kappa shape index (κ2) is 5.78. The molecule has 5 heteroatoms. The highest BCUT2D eigenvalue weighted by Gasteiger charge is 2.34. The molecule has 0 fully saturated rings. The van der Waals surface area contributed by atoms with Crippen molar-refractivity contribution in [2.24, 2.45) is 5.73 Å². The van der Waals surface area contributed by atoms with Crippen molar-refractivity contribution in [3.8, 4) is 0 Å². The SMILES string of the molecule is CCCn1ncc(Br)c1C(=O)C(N)(CC)CC. The van der Waals surface area contributed by atoms with E-state index in [-0.39, 0.29) is 5.78 Å². The highest BCUT2D eigenvalue weighted by Crippen LogP contribution is 2.24. The molecular weight excluding hydrogens is 282 g/mol. The van der Waals surface area contributed by atoms with Gasteiger partial charge in [-0.15, -0.1) is 0 Å². The van der Waals surface area contributed by atoms with Crippen LogP contribution in [0.25, 0.3) is 0 Å². The fourth-order valence-corrected chi connectivity index (χ4v) is 2.25. The van der Waals surface area contributed by atoms with Crippen molar-refractivity contribution in [3.63, 3.8) is 0 Å². The molecule has 96 valence electrons. The Morgan fingerprint density at radius 3 is 2.53 bits per heavy atom. The first-order valence-corrected chi connectivity index (χ1v) is 6.84. The molecule has 0 radical (unpaired) electrons. The van der Waals surface area contributed by atoms with Crippen molar-refractivity contribution in [1.29, 1.82) is 0 Å². The molecular formula is C12H20BrN3O. The van der Waals surface area contributed by atoms with Crippen LogP contribution in [-0.4, -0.2) is 21.1 Å². The maximum absolute atomic E-state index is 12.5. The van der Waals surface area contributed by atoms with Gasteiger partial charge in [0, 0.05) is 6.54 Å². The van der Waals surface area contributed by atoms with E-state index in [1.807, 2.05) is 13.8 Å². The molecule has 0 saturated heterocycles. The van der Waals surface area contributed by atoms with Crippen LogP contribution in [0.3, 0.4) is 0 Å². The summed E-state index contributed by atoms with van der Waals surface area (Å²) in [6.07, 6.45) is 3.86. The highest BCUT2D eigenvalue weighted by atomic mass is 79.9. The Kier molecular flexibility index (Phi) is 4.89. The molecule has 0 saturated carbocycles. The van der Waals surface area contributed by atoms with E-state index in [2.05, 4.69) is 28.0 Å². The summed E-state index contributed by atoms with van der Waals surface area (Å²) in [7, 11) is 0. The van der Waals surface area contributed by atoms with E-state index in [0.29, 0.717) is 18.5 Å². The number of carbonyl (C=O) groups excluding carboxylic acids is 1. The van der Waals surface area contributed by atoms with Gasteiger partial charge in [0.1, 0.15) is 5.69 Å². The molecule has 0 amide bonds. The van der Waals surface area contributed by atoms with Crippen LogP contribution in [0.1, 0.15) is 50.5 Å². The Morgan fingerprint density at radius 1 is 1.47 bits per heavy atom. The topological polar surface area (TPSA) is 60.9 Å². The standard InChI is InChI=1S/C12H20BrN3O/c1-4-7-16-10(9(13)8-15-16)11(17)12(14,5-2)6-3/h8H,4-7,14H2,1-3H3. The predicted molar refractivity (Wildman–Crippen MR) is 72.0 cm³/mol. The van der Waals surface area contributed by atoms with E-state index < -0.39 is 5.54 Å². The van der Waals surface area contributed by atoms with Crippen molar-refractivity contribution in [2.75, 3.05) is 0 Å². The van der Waals surface area contributed by atoms with Crippen molar-refractivity contribution >= 4 is 21.7 Å². The third-order valence-corrected chi connectivity index (χ3v) is 3.74. The minimum Gasteiger partial charge on any atom is -0.319 e. The maximum atomic E-state index is 12.5. The fraction of sp³-hybridized carbons (Fsp3) is 0.667. The van der Waals surface area contributed by atoms with Gasteiger partial charge in [-0.25, -0.2) is 0 Å². The lowest BCUT2D eigenvalue weighted by Gasteiger charge is -2.25. The van der Waals surface area contributed by atoms with Crippen LogP contribution in [0.2, 0.25) is 0 Å². The average molecular weight is 302 g/mol. The van der Waals surface area contributed by atoms with Crippen LogP contribution in [0, 0.1) is 0 Å². The third-order valence-electron chi connectivity index (χ3n) is 3.16. The number of halogens is 1. The van der Waals surface area contributed by atoms with Gasteiger partial charge in [0.25, 0.3) is 0 Å². The Bertz CT molecular complexity index is 396. The number of rotatable bonds is 6. The van der Waals surface area contributed by atoms with Crippen LogP contribution < -0.4 is 5.73 Å². The van der Waals surface area contributed by atoms with E-state index in [1.165, 1.54) is 0 Å². The summed E-state index contributed by atoms with van der Waals surface area (Å²) in [4.78, 5) is 12.5. The third kappa shape index (κ3) is 2.77. The predicted octanol–water partition coefficient (Wildman–Crippen LogP) is 2.76. The lowest BCUT2D eigenvalue weighted by Crippen LogP contribution is -2.47. The fourth-order valence-electron chi connectivity index (χ4n) is 1.78. The monoisotopic (exact) mass is 301 g/mol. The molecule has 17 heavy (non-hydrogen) atoms. The Morgan fingerprint density at radius 2 is 2.06 bits per heavy atom. The second-order valence-corrected chi connectivity index (χ2v) is 5.11. The molecule has 0 bridgehead atoms. The Labute approximate surface area is 111 Å². The van der Waals surface area contributed by atoms with Gasteiger partial charge < -0.3 is 5.73 Å². The number of aryl methyl sites for hydroxylation is 1. The van der Waals surface area contributed by atoms with Crippen LogP contribution in [0.15, 0.2) is 10.7 Å². The number of hydrogen-bond donors (Lipinski definition) is 1. The van der Waals surface area contributed by atoms with Crippen LogP contribution in [0.5, 0.6) is 0 Å². The minimum atomic E-state index is -0.784. The Balaban J connectivity index is 3.15.